The maximum absolute atomic E-state index is 9.00. The molecule has 6 nitrogen and oxygen atoms in total. The molecule has 2 N–H and O–H groups in total. The molecule has 7 heteroatoms. The number of aliphatic hydroxyl groups is 1. The van der Waals surface area contributed by atoms with E-state index in [0.717, 1.165) is 6.54 Å². The van der Waals surface area contributed by atoms with Gasteiger partial charge < -0.3 is 15.2 Å². The predicted molar refractivity (Wildman–Crippen MR) is 67.6 cm³/mol. The molecule has 1 heterocycles. The molecule has 1 rings (SSSR count). The number of ether oxygens (including phenoxy) is 1. The van der Waals surface area contributed by atoms with Crippen LogP contribution >= 0.6 is 11.8 Å². The van der Waals surface area contributed by atoms with E-state index in [9.17, 15) is 0 Å². The Morgan fingerprint density at radius 2 is 2.12 bits per heavy atom. The van der Waals surface area contributed by atoms with Crippen molar-refractivity contribution < 1.29 is 9.84 Å². The molecule has 0 spiro atoms. The van der Waals surface area contributed by atoms with E-state index in [2.05, 4.69) is 20.3 Å². The van der Waals surface area contributed by atoms with Crippen molar-refractivity contribution in [2.75, 3.05) is 25.1 Å². The third kappa shape index (κ3) is 4.74. The van der Waals surface area contributed by atoms with E-state index in [-0.39, 0.29) is 11.9 Å². The van der Waals surface area contributed by atoms with Gasteiger partial charge in [-0.25, -0.2) is 0 Å². The highest BCUT2D eigenvalue weighted by atomic mass is 32.2. The third-order valence-electron chi connectivity index (χ3n) is 1.77. The third-order valence-corrected chi connectivity index (χ3v) is 2.71. The molecule has 17 heavy (non-hydrogen) atoms. The Morgan fingerprint density at radius 3 is 2.71 bits per heavy atom. The Hall–Kier alpha value is -1.08. The first-order valence-corrected chi connectivity index (χ1v) is 6.47. The molecule has 0 aliphatic carbocycles. The SMILES string of the molecule is CCNc1nc(OCC)nc(SC(C)CO)n1. The number of anilines is 1. The van der Waals surface area contributed by atoms with Crippen LogP contribution in [-0.2, 0) is 0 Å². The van der Waals surface area contributed by atoms with E-state index in [4.69, 9.17) is 9.84 Å². The van der Waals surface area contributed by atoms with Gasteiger partial charge in [0.15, 0.2) is 5.16 Å². The largest absolute Gasteiger partial charge is 0.464 e. The van der Waals surface area contributed by atoms with Crippen LogP contribution in [0.5, 0.6) is 6.01 Å². The Bertz CT molecular complexity index is 327. The zero-order valence-electron chi connectivity index (χ0n) is 10.3. The second-order valence-corrected chi connectivity index (χ2v) is 4.70. The topological polar surface area (TPSA) is 80.2 Å². The summed E-state index contributed by atoms with van der Waals surface area (Å²) < 4.78 is 5.27. The van der Waals surface area contributed by atoms with Crippen molar-refractivity contribution in [1.82, 2.24) is 15.0 Å². The second-order valence-electron chi connectivity index (χ2n) is 3.30. The Labute approximate surface area is 105 Å². The molecule has 0 bridgehead atoms. The first kappa shape index (κ1) is 14.0. The lowest BCUT2D eigenvalue weighted by Crippen LogP contribution is -2.09. The van der Waals surface area contributed by atoms with Crippen molar-refractivity contribution in [1.29, 1.82) is 0 Å². The van der Waals surface area contributed by atoms with Crippen LogP contribution in [0.1, 0.15) is 20.8 Å². The Morgan fingerprint density at radius 1 is 1.35 bits per heavy atom. The van der Waals surface area contributed by atoms with Gasteiger partial charge in [0.25, 0.3) is 0 Å². The molecular formula is C10H18N4O2S. The molecule has 1 atom stereocenters. The van der Waals surface area contributed by atoms with Crippen molar-refractivity contribution in [3.63, 3.8) is 0 Å². The standard InChI is InChI=1S/C10H18N4O2S/c1-4-11-8-12-9(16-5-2)14-10(13-8)17-7(3)6-15/h7,15H,4-6H2,1-3H3,(H,11,12,13,14). The summed E-state index contributed by atoms with van der Waals surface area (Å²) in [5, 5.41) is 12.6. The van der Waals surface area contributed by atoms with Gasteiger partial charge in [-0.3, -0.25) is 0 Å². The number of hydrogen-bond acceptors (Lipinski definition) is 7. The lowest BCUT2D eigenvalue weighted by Gasteiger charge is -2.09. The molecule has 0 aromatic carbocycles. The lowest BCUT2D eigenvalue weighted by atomic mass is 10.5. The highest BCUT2D eigenvalue weighted by Crippen LogP contribution is 2.21. The average molecular weight is 258 g/mol. The number of nitrogens with zero attached hydrogens (tertiary/aromatic N) is 3. The number of rotatable bonds is 7. The average Bonchev–Trinajstić information content (AvgIpc) is 2.29. The number of nitrogens with one attached hydrogen (secondary N) is 1. The van der Waals surface area contributed by atoms with Crippen LogP contribution in [0.2, 0.25) is 0 Å². The molecule has 1 aromatic rings. The quantitative estimate of drug-likeness (QED) is 0.711. The molecule has 96 valence electrons. The molecule has 1 unspecified atom stereocenters. The molecule has 0 radical (unpaired) electrons. The minimum absolute atomic E-state index is 0.0429. The van der Waals surface area contributed by atoms with Gasteiger partial charge in [0, 0.05) is 11.8 Å². The summed E-state index contributed by atoms with van der Waals surface area (Å²) in [7, 11) is 0. The summed E-state index contributed by atoms with van der Waals surface area (Å²) in [5.74, 6) is 0.499. The summed E-state index contributed by atoms with van der Waals surface area (Å²) >= 11 is 1.39. The smallest absolute Gasteiger partial charge is 0.322 e. The molecular weight excluding hydrogens is 240 g/mol. The maximum Gasteiger partial charge on any atom is 0.322 e. The molecule has 0 amide bonds. The van der Waals surface area contributed by atoms with Crippen LogP contribution in [-0.4, -0.2) is 45.1 Å². The number of thioether (sulfide) groups is 1. The van der Waals surface area contributed by atoms with Crippen molar-refractivity contribution in [3.05, 3.63) is 0 Å². The van der Waals surface area contributed by atoms with Crippen LogP contribution in [0.25, 0.3) is 0 Å². The fraction of sp³-hybridized carbons (Fsp3) is 0.700. The fourth-order valence-corrected chi connectivity index (χ4v) is 1.74. The van der Waals surface area contributed by atoms with Crippen LogP contribution in [0, 0.1) is 0 Å². The highest BCUT2D eigenvalue weighted by molar-refractivity contribution is 7.99. The van der Waals surface area contributed by atoms with Gasteiger partial charge in [-0.1, -0.05) is 18.7 Å². The first-order valence-electron chi connectivity index (χ1n) is 5.59. The molecule has 1 aromatic heterocycles. The summed E-state index contributed by atoms with van der Waals surface area (Å²) in [6.45, 7) is 7.07. The van der Waals surface area contributed by atoms with Gasteiger partial charge in [0.1, 0.15) is 0 Å². The summed E-state index contributed by atoms with van der Waals surface area (Å²) in [4.78, 5) is 12.5. The monoisotopic (exact) mass is 258 g/mol. The fourth-order valence-electron chi connectivity index (χ4n) is 1.04. The minimum atomic E-state index is 0.0429. The molecule has 0 aliphatic heterocycles. The van der Waals surface area contributed by atoms with Crippen molar-refractivity contribution in [3.8, 4) is 6.01 Å². The highest BCUT2D eigenvalue weighted by Gasteiger charge is 2.10. The Kier molecular flexibility index (Phi) is 5.99. The van der Waals surface area contributed by atoms with E-state index in [1.54, 1.807) is 0 Å². The zero-order valence-corrected chi connectivity index (χ0v) is 11.1. The number of hydrogen-bond donors (Lipinski definition) is 2. The van der Waals surface area contributed by atoms with E-state index in [1.807, 2.05) is 20.8 Å². The predicted octanol–water partition coefficient (Wildman–Crippen LogP) is 1.17. The van der Waals surface area contributed by atoms with Crippen LogP contribution in [0.15, 0.2) is 5.16 Å². The normalized spacial score (nSPS) is 12.2. The van der Waals surface area contributed by atoms with E-state index < -0.39 is 0 Å². The summed E-state index contributed by atoms with van der Waals surface area (Å²) in [6, 6.07) is 0.311. The van der Waals surface area contributed by atoms with Gasteiger partial charge in [-0.05, 0) is 13.8 Å². The van der Waals surface area contributed by atoms with Gasteiger partial charge in [-0.15, -0.1) is 0 Å². The van der Waals surface area contributed by atoms with E-state index in [1.165, 1.54) is 11.8 Å². The van der Waals surface area contributed by atoms with Gasteiger partial charge in [0.05, 0.1) is 13.2 Å². The van der Waals surface area contributed by atoms with Crippen LogP contribution < -0.4 is 10.1 Å². The van der Waals surface area contributed by atoms with Crippen molar-refractivity contribution >= 4 is 17.7 Å². The first-order chi connectivity index (χ1) is 8.19. The van der Waals surface area contributed by atoms with Gasteiger partial charge in [0.2, 0.25) is 5.95 Å². The van der Waals surface area contributed by atoms with E-state index >= 15 is 0 Å². The number of aromatic nitrogens is 3. The maximum atomic E-state index is 9.00. The number of aliphatic hydroxyl groups excluding tert-OH is 1. The summed E-state index contributed by atoms with van der Waals surface area (Å²) in [6.07, 6.45) is 0. The molecule has 0 saturated heterocycles. The van der Waals surface area contributed by atoms with Gasteiger partial charge >= 0.3 is 6.01 Å². The summed E-state index contributed by atoms with van der Waals surface area (Å²) in [5.41, 5.74) is 0. The van der Waals surface area contributed by atoms with Crippen molar-refractivity contribution in [2.24, 2.45) is 0 Å². The van der Waals surface area contributed by atoms with Crippen LogP contribution in [0.3, 0.4) is 0 Å². The Balaban J connectivity index is 2.86. The lowest BCUT2D eigenvalue weighted by molar-refractivity contribution is 0.299. The molecule has 0 fully saturated rings. The van der Waals surface area contributed by atoms with E-state index in [0.29, 0.717) is 23.7 Å². The molecule has 0 saturated carbocycles. The van der Waals surface area contributed by atoms with Gasteiger partial charge in [-0.2, -0.15) is 15.0 Å². The minimum Gasteiger partial charge on any atom is -0.464 e. The van der Waals surface area contributed by atoms with Crippen LogP contribution in [0.4, 0.5) is 5.95 Å². The second kappa shape index (κ2) is 7.29. The zero-order chi connectivity index (χ0) is 12.7. The van der Waals surface area contributed by atoms with Crippen molar-refractivity contribution in [2.45, 2.75) is 31.2 Å². The molecule has 0 aliphatic rings.